The molecule has 6 nitrogen and oxygen atoms in total. The molecule has 0 bridgehead atoms. The summed E-state index contributed by atoms with van der Waals surface area (Å²) >= 11 is 0. The SMILES string of the molecule is COC(=O)c1nc(-c2ccc(C(F)(F)F)c(OC)c2)n2c1CCOC(C)C2. The van der Waals surface area contributed by atoms with Gasteiger partial charge in [0.05, 0.1) is 44.7 Å². The summed E-state index contributed by atoms with van der Waals surface area (Å²) in [6.45, 7) is 2.70. The maximum atomic E-state index is 13.1. The van der Waals surface area contributed by atoms with Gasteiger partial charge in [-0.2, -0.15) is 13.2 Å². The standard InChI is InChI=1S/C18H19F3N2O4/c1-10-9-23-13(6-7-27-10)15(17(24)26-3)22-16(23)11-4-5-12(18(19,20)21)14(8-11)25-2/h4-5,8,10H,6-7,9H2,1-3H3. The van der Waals surface area contributed by atoms with Crippen LogP contribution in [0.15, 0.2) is 18.2 Å². The summed E-state index contributed by atoms with van der Waals surface area (Å²) in [4.78, 5) is 16.5. The lowest BCUT2D eigenvalue weighted by Gasteiger charge is -2.15. The zero-order chi connectivity index (χ0) is 19.8. The van der Waals surface area contributed by atoms with E-state index in [0.717, 1.165) is 6.07 Å². The van der Waals surface area contributed by atoms with E-state index in [1.54, 1.807) is 4.57 Å². The van der Waals surface area contributed by atoms with E-state index in [1.165, 1.54) is 26.4 Å². The average molecular weight is 384 g/mol. The topological polar surface area (TPSA) is 62.6 Å². The van der Waals surface area contributed by atoms with Gasteiger partial charge in [-0.05, 0) is 19.1 Å². The molecule has 0 fully saturated rings. The number of hydrogen-bond acceptors (Lipinski definition) is 5. The lowest BCUT2D eigenvalue weighted by molar-refractivity contribution is -0.138. The van der Waals surface area contributed by atoms with Crippen molar-refractivity contribution in [1.29, 1.82) is 0 Å². The predicted octanol–water partition coefficient (Wildman–Crippen LogP) is 3.33. The quantitative estimate of drug-likeness (QED) is 0.760. The van der Waals surface area contributed by atoms with Crippen molar-refractivity contribution in [2.75, 3.05) is 20.8 Å². The van der Waals surface area contributed by atoms with Gasteiger partial charge in [-0.15, -0.1) is 0 Å². The van der Waals surface area contributed by atoms with E-state index in [2.05, 4.69) is 4.98 Å². The number of methoxy groups -OCH3 is 2. The summed E-state index contributed by atoms with van der Waals surface area (Å²) in [5, 5.41) is 0. The van der Waals surface area contributed by atoms with Crippen molar-refractivity contribution in [3.63, 3.8) is 0 Å². The van der Waals surface area contributed by atoms with Crippen molar-refractivity contribution >= 4 is 5.97 Å². The number of carbonyl (C=O) groups is 1. The molecule has 1 aliphatic heterocycles. The number of imidazole rings is 1. The van der Waals surface area contributed by atoms with Gasteiger partial charge >= 0.3 is 12.1 Å². The Kier molecular flexibility index (Phi) is 5.14. The number of alkyl halides is 3. The fourth-order valence-corrected chi connectivity index (χ4v) is 3.15. The molecule has 1 aliphatic rings. The second-order valence-electron chi connectivity index (χ2n) is 6.18. The molecule has 0 amide bonds. The van der Waals surface area contributed by atoms with Crippen LogP contribution in [0, 0.1) is 0 Å². The van der Waals surface area contributed by atoms with Crippen molar-refractivity contribution in [2.24, 2.45) is 0 Å². The molecule has 0 N–H and O–H groups in total. The van der Waals surface area contributed by atoms with Crippen molar-refractivity contribution in [1.82, 2.24) is 9.55 Å². The second kappa shape index (κ2) is 7.22. The second-order valence-corrected chi connectivity index (χ2v) is 6.18. The van der Waals surface area contributed by atoms with Gasteiger partial charge in [0, 0.05) is 12.0 Å². The molecular weight excluding hydrogens is 365 g/mol. The molecule has 146 valence electrons. The minimum Gasteiger partial charge on any atom is -0.496 e. The monoisotopic (exact) mass is 384 g/mol. The first-order valence-electron chi connectivity index (χ1n) is 8.31. The average Bonchev–Trinajstić information content (AvgIpc) is 2.86. The van der Waals surface area contributed by atoms with Crippen molar-refractivity contribution in [2.45, 2.75) is 32.2 Å². The van der Waals surface area contributed by atoms with Gasteiger partial charge in [0.25, 0.3) is 0 Å². The Labute approximate surface area is 153 Å². The minimum absolute atomic E-state index is 0.138. The highest BCUT2D eigenvalue weighted by atomic mass is 19.4. The van der Waals surface area contributed by atoms with Gasteiger partial charge in [0.1, 0.15) is 11.6 Å². The van der Waals surface area contributed by atoms with Crippen molar-refractivity contribution in [3.05, 3.63) is 35.2 Å². The molecule has 9 heteroatoms. The number of benzene rings is 1. The molecule has 2 aromatic rings. The molecule has 0 aliphatic carbocycles. The largest absolute Gasteiger partial charge is 0.496 e. The first-order chi connectivity index (χ1) is 12.8. The van der Waals surface area contributed by atoms with Crippen LogP contribution in [0.25, 0.3) is 11.4 Å². The van der Waals surface area contributed by atoms with E-state index >= 15 is 0 Å². The highest BCUT2D eigenvalue weighted by Crippen LogP contribution is 2.38. The third-order valence-electron chi connectivity index (χ3n) is 4.40. The number of fused-ring (bicyclic) bond motifs is 1. The van der Waals surface area contributed by atoms with E-state index < -0.39 is 17.7 Å². The molecule has 1 atom stereocenters. The first kappa shape index (κ1) is 19.2. The van der Waals surface area contributed by atoms with Crippen LogP contribution in [0.1, 0.15) is 28.7 Å². The van der Waals surface area contributed by atoms with Gasteiger partial charge < -0.3 is 18.8 Å². The number of carbonyl (C=O) groups excluding carboxylic acids is 1. The summed E-state index contributed by atoms with van der Waals surface area (Å²) in [6, 6.07) is 3.54. The molecule has 27 heavy (non-hydrogen) atoms. The smallest absolute Gasteiger partial charge is 0.419 e. The number of nitrogens with zero attached hydrogens (tertiary/aromatic N) is 2. The van der Waals surface area contributed by atoms with Crippen LogP contribution in [0.4, 0.5) is 13.2 Å². The normalized spacial score (nSPS) is 17.2. The Bertz CT molecular complexity index is 861. The van der Waals surface area contributed by atoms with Gasteiger partial charge in [0.2, 0.25) is 0 Å². The van der Waals surface area contributed by atoms with Gasteiger partial charge in [0.15, 0.2) is 5.69 Å². The summed E-state index contributed by atoms with van der Waals surface area (Å²) in [5.41, 5.74) is 0.316. The van der Waals surface area contributed by atoms with Crippen LogP contribution < -0.4 is 4.74 Å². The van der Waals surface area contributed by atoms with E-state index in [1.807, 2.05) is 6.92 Å². The van der Waals surface area contributed by atoms with E-state index in [0.29, 0.717) is 36.7 Å². The number of rotatable bonds is 3. The van der Waals surface area contributed by atoms with Gasteiger partial charge in [-0.1, -0.05) is 6.07 Å². The first-order valence-corrected chi connectivity index (χ1v) is 8.31. The summed E-state index contributed by atoms with van der Waals surface area (Å²) in [6.07, 6.45) is -4.23. The number of halogens is 3. The summed E-state index contributed by atoms with van der Waals surface area (Å²) in [7, 11) is 2.43. The van der Waals surface area contributed by atoms with Crippen LogP contribution in [0.3, 0.4) is 0 Å². The Morgan fingerprint density at radius 1 is 1.33 bits per heavy atom. The molecule has 0 radical (unpaired) electrons. The summed E-state index contributed by atoms with van der Waals surface area (Å²) < 4.78 is 56.5. The number of esters is 1. The molecule has 1 aromatic heterocycles. The van der Waals surface area contributed by atoms with Crippen LogP contribution in [-0.4, -0.2) is 42.5 Å². The Hall–Kier alpha value is -2.55. The van der Waals surface area contributed by atoms with Crippen molar-refractivity contribution in [3.8, 4) is 17.1 Å². The number of ether oxygens (including phenoxy) is 3. The lowest BCUT2D eigenvalue weighted by atomic mass is 10.1. The molecular formula is C18H19F3N2O4. The molecule has 3 rings (SSSR count). The van der Waals surface area contributed by atoms with Gasteiger partial charge in [-0.25, -0.2) is 9.78 Å². The molecule has 0 saturated carbocycles. The third-order valence-corrected chi connectivity index (χ3v) is 4.40. The summed E-state index contributed by atoms with van der Waals surface area (Å²) in [5.74, 6) is -0.539. The molecule has 0 spiro atoms. The molecule has 1 unspecified atom stereocenters. The molecule has 0 saturated heterocycles. The maximum absolute atomic E-state index is 13.1. The van der Waals surface area contributed by atoms with Crippen LogP contribution in [0.2, 0.25) is 0 Å². The zero-order valence-corrected chi connectivity index (χ0v) is 15.1. The Morgan fingerprint density at radius 2 is 2.07 bits per heavy atom. The number of hydrogen-bond donors (Lipinski definition) is 0. The van der Waals surface area contributed by atoms with E-state index in [-0.39, 0.29) is 17.5 Å². The molecule has 1 aromatic carbocycles. The predicted molar refractivity (Wildman–Crippen MR) is 89.7 cm³/mol. The highest BCUT2D eigenvalue weighted by Gasteiger charge is 2.35. The van der Waals surface area contributed by atoms with Crippen molar-refractivity contribution < 1.29 is 32.2 Å². The fourth-order valence-electron chi connectivity index (χ4n) is 3.15. The Balaban J connectivity index is 2.17. The van der Waals surface area contributed by atoms with Crippen LogP contribution >= 0.6 is 0 Å². The van der Waals surface area contributed by atoms with Crippen LogP contribution in [-0.2, 0) is 28.6 Å². The third kappa shape index (κ3) is 3.64. The van der Waals surface area contributed by atoms with E-state index in [9.17, 15) is 18.0 Å². The Morgan fingerprint density at radius 3 is 2.70 bits per heavy atom. The number of aromatic nitrogens is 2. The fraction of sp³-hybridized carbons (Fsp3) is 0.444. The minimum atomic E-state index is -4.53. The van der Waals surface area contributed by atoms with Crippen LogP contribution in [0.5, 0.6) is 5.75 Å². The van der Waals surface area contributed by atoms with Gasteiger partial charge in [-0.3, -0.25) is 0 Å². The highest BCUT2D eigenvalue weighted by molar-refractivity contribution is 5.89. The lowest BCUT2D eigenvalue weighted by Crippen LogP contribution is -2.15. The van der Waals surface area contributed by atoms with E-state index in [4.69, 9.17) is 14.2 Å². The zero-order valence-electron chi connectivity index (χ0n) is 15.1. The maximum Gasteiger partial charge on any atom is 0.419 e. The molecule has 2 heterocycles.